The summed E-state index contributed by atoms with van der Waals surface area (Å²) >= 11 is 7.17. The number of carbonyl (C=O) groups is 1. The highest BCUT2D eigenvalue weighted by molar-refractivity contribution is 8.00. The van der Waals surface area contributed by atoms with Gasteiger partial charge in [0, 0.05) is 18.0 Å². The minimum atomic E-state index is -0.305. The lowest BCUT2D eigenvalue weighted by Crippen LogP contribution is -2.36. The van der Waals surface area contributed by atoms with Crippen molar-refractivity contribution in [3.05, 3.63) is 35.2 Å². The molecule has 0 N–H and O–H groups in total. The summed E-state index contributed by atoms with van der Waals surface area (Å²) in [6, 6.07) is 7.16. The quantitative estimate of drug-likeness (QED) is 0.568. The number of likely N-dealkylation sites (N-methyl/N-ethyl adjacent to an activating group) is 1. The van der Waals surface area contributed by atoms with Gasteiger partial charge in [-0.05, 0) is 44.0 Å². The first kappa shape index (κ1) is 21.0. The number of carbonyl (C=O) groups excluding carboxylic acids is 1. The summed E-state index contributed by atoms with van der Waals surface area (Å²) < 4.78 is 11.5. The molecule has 1 aromatic carbocycles. The van der Waals surface area contributed by atoms with Crippen molar-refractivity contribution in [3.63, 3.8) is 0 Å². The van der Waals surface area contributed by atoms with Gasteiger partial charge >= 0.3 is 0 Å². The van der Waals surface area contributed by atoms with Crippen LogP contribution in [0, 0.1) is 0 Å². The monoisotopic (exact) mass is 423 g/mol. The van der Waals surface area contributed by atoms with Gasteiger partial charge in [0.1, 0.15) is 12.4 Å². The summed E-state index contributed by atoms with van der Waals surface area (Å²) in [6.45, 7) is 2.76. The average molecular weight is 424 g/mol. The van der Waals surface area contributed by atoms with Crippen molar-refractivity contribution in [2.24, 2.45) is 0 Å². The lowest BCUT2D eigenvalue weighted by atomic mass is 9.89. The molecule has 0 spiro atoms. The van der Waals surface area contributed by atoms with Gasteiger partial charge in [-0.1, -0.05) is 42.6 Å². The second kappa shape index (κ2) is 10.2. The molecule has 1 heterocycles. The maximum atomic E-state index is 12.6. The topological polar surface area (TPSA) is 68.5 Å². The van der Waals surface area contributed by atoms with E-state index in [0.717, 1.165) is 18.6 Å². The molecule has 0 radical (unpaired) electrons. The molecule has 1 amide bonds. The molecule has 1 fully saturated rings. The van der Waals surface area contributed by atoms with Crippen LogP contribution in [0.15, 0.2) is 33.9 Å². The summed E-state index contributed by atoms with van der Waals surface area (Å²) in [5.41, 5.74) is 0. The van der Waals surface area contributed by atoms with Crippen LogP contribution in [0.4, 0.5) is 0 Å². The molecule has 2 aromatic rings. The molecule has 152 valence electrons. The van der Waals surface area contributed by atoms with Gasteiger partial charge < -0.3 is 14.1 Å². The van der Waals surface area contributed by atoms with Gasteiger partial charge in [0.2, 0.25) is 11.8 Å². The van der Waals surface area contributed by atoms with Crippen molar-refractivity contribution < 1.29 is 13.9 Å². The molecule has 1 aliphatic rings. The predicted molar refractivity (Wildman–Crippen MR) is 110 cm³/mol. The van der Waals surface area contributed by atoms with E-state index >= 15 is 0 Å². The van der Waals surface area contributed by atoms with Gasteiger partial charge in [-0.15, -0.1) is 10.2 Å². The van der Waals surface area contributed by atoms with Crippen molar-refractivity contribution in [1.29, 1.82) is 0 Å². The minimum absolute atomic E-state index is 0.00197. The summed E-state index contributed by atoms with van der Waals surface area (Å²) in [4.78, 5) is 14.2. The number of aromatic nitrogens is 2. The molecule has 6 nitrogen and oxygen atoms in total. The largest absolute Gasteiger partial charge is 0.492 e. The molecule has 0 aliphatic heterocycles. The zero-order chi connectivity index (χ0) is 19.9. The Hall–Kier alpha value is -1.73. The van der Waals surface area contributed by atoms with Gasteiger partial charge in [-0.2, -0.15) is 0 Å². The predicted octanol–water partition coefficient (Wildman–Crippen LogP) is 4.79. The Bertz CT molecular complexity index is 762. The van der Waals surface area contributed by atoms with Crippen LogP contribution in [0.25, 0.3) is 0 Å². The van der Waals surface area contributed by atoms with E-state index in [-0.39, 0.29) is 11.2 Å². The Labute approximate surface area is 175 Å². The maximum absolute atomic E-state index is 12.6. The van der Waals surface area contributed by atoms with Crippen LogP contribution in [0.3, 0.4) is 0 Å². The first-order valence-electron chi connectivity index (χ1n) is 9.66. The lowest BCUT2D eigenvalue weighted by molar-refractivity contribution is -0.129. The molecule has 28 heavy (non-hydrogen) atoms. The molecule has 1 aromatic heterocycles. The van der Waals surface area contributed by atoms with E-state index in [1.165, 1.54) is 31.0 Å². The number of benzene rings is 1. The number of nitrogens with zero attached hydrogens (tertiary/aromatic N) is 3. The van der Waals surface area contributed by atoms with Crippen LogP contribution in [0.1, 0.15) is 50.8 Å². The molecule has 0 bridgehead atoms. The zero-order valence-electron chi connectivity index (χ0n) is 16.3. The fourth-order valence-electron chi connectivity index (χ4n) is 3.24. The highest BCUT2D eigenvalue weighted by Gasteiger charge is 2.24. The fourth-order valence-corrected chi connectivity index (χ4v) is 4.17. The molecule has 1 saturated carbocycles. The first-order valence-corrected chi connectivity index (χ1v) is 10.9. The van der Waals surface area contributed by atoms with Gasteiger partial charge in [-0.3, -0.25) is 4.79 Å². The van der Waals surface area contributed by atoms with Crippen molar-refractivity contribution in [2.75, 3.05) is 20.2 Å². The van der Waals surface area contributed by atoms with E-state index in [2.05, 4.69) is 10.2 Å². The van der Waals surface area contributed by atoms with Crippen LogP contribution in [-0.2, 0) is 4.79 Å². The van der Waals surface area contributed by atoms with Crippen molar-refractivity contribution in [1.82, 2.24) is 15.1 Å². The Morgan fingerprint density at radius 1 is 1.29 bits per heavy atom. The van der Waals surface area contributed by atoms with Crippen molar-refractivity contribution in [3.8, 4) is 5.75 Å². The minimum Gasteiger partial charge on any atom is -0.492 e. The fraction of sp³-hybridized carbons (Fsp3) is 0.550. The summed E-state index contributed by atoms with van der Waals surface area (Å²) in [6.07, 6.45) is 5.93. The third-order valence-corrected chi connectivity index (χ3v) is 6.06. The summed E-state index contributed by atoms with van der Waals surface area (Å²) in [5, 5.41) is 9.14. The van der Waals surface area contributed by atoms with Crippen molar-refractivity contribution >= 4 is 29.3 Å². The number of rotatable bonds is 8. The Morgan fingerprint density at radius 3 is 2.71 bits per heavy atom. The molecule has 1 atom stereocenters. The van der Waals surface area contributed by atoms with Crippen LogP contribution in [-0.4, -0.2) is 46.5 Å². The van der Waals surface area contributed by atoms with E-state index in [1.54, 1.807) is 24.1 Å². The van der Waals surface area contributed by atoms with Crippen LogP contribution in [0.5, 0.6) is 5.75 Å². The molecular weight excluding hydrogens is 398 g/mol. The third kappa shape index (κ3) is 5.88. The first-order chi connectivity index (χ1) is 13.5. The second-order valence-corrected chi connectivity index (χ2v) is 8.79. The Balaban J connectivity index is 1.44. The number of hydrogen-bond donors (Lipinski definition) is 0. The normalized spacial score (nSPS) is 16.0. The smallest absolute Gasteiger partial charge is 0.277 e. The highest BCUT2D eigenvalue weighted by Crippen LogP contribution is 2.33. The summed E-state index contributed by atoms with van der Waals surface area (Å²) in [5.74, 6) is 1.82. The Kier molecular flexibility index (Phi) is 7.62. The van der Waals surface area contributed by atoms with E-state index in [9.17, 15) is 4.79 Å². The highest BCUT2D eigenvalue weighted by atomic mass is 35.5. The van der Waals surface area contributed by atoms with E-state index in [0.29, 0.717) is 35.2 Å². The Morgan fingerprint density at radius 2 is 2.00 bits per heavy atom. The molecule has 0 unspecified atom stereocenters. The maximum Gasteiger partial charge on any atom is 0.277 e. The van der Waals surface area contributed by atoms with Gasteiger partial charge in [-0.25, -0.2) is 0 Å². The van der Waals surface area contributed by atoms with Crippen LogP contribution < -0.4 is 4.74 Å². The van der Waals surface area contributed by atoms with Crippen molar-refractivity contribution in [2.45, 2.75) is 55.4 Å². The SMILES string of the molecule is C[C@@H](Sc1nnc(C2CCCCC2)o1)C(=O)N(C)CCOc1ccc(Cl)cc1. The van der Waals surface area contributed by atoms with Crippen LogP contribution >= 0.6 is 23.4 Å². The molecule has 8 heteroatoms. The lowest BCUT2D eigenvalue weighted by Gasteiger charge is -2.20. The second-order valence-electron chi connectivity index (χ2n) is 7.06. The van der Waals surface area contributed by atoms with E-state index in [1.807, 2.05) is 19.1 Å². The summed E-state index contributed by atoms with van der Waals surface area (Å²) in [7, 11) is 1.77. The zero-order valence-corrected chi connectivity index (χ0v) is 17.8. The molecule has 0 saturated heterocycles. The van der Waals surface area contributed by atoms with Gasteiger partial charge in [0.25, 0.3) is 5.22 Å². The van der Waals surface area contributed by atoms with E-state index in [4.69, 9.17) is 20.8 Å². The number of thioether (sulfide) groups is 1. The number of ether oxygens (including phenoxy) is 1. The van der Waals surface area contributed by atoms with E-state index < -0.39 is 0 Å². The average Bonchev–Trinajstić information content (AvgIpc) is 3.18. The molecule has 1 aliphatic carbocycles. The molecular formula is C20H26ClN3O3S. The van der Waals surface area contributed by atoms with Gasteiger partial charge in [0.15, 0.2) is 0 Å². The molecule has 3 rings (SSSR count). The van der Waals surface area contributed by atoms with Crippen LogP contribution in [0.2, 0.25) is 5.02 Å². The third-order valence-electron chi connectivity index (χ3n) is 4.89. The number of amides is 1. The van der Waals surface area contributed by atoms with Gasteiger partial charge in [0.05, 0.1) is 11.8 Å². The standard InChI is InChI=1S/C20H26ClN3O3S/c1-14(28-20-23-22-18(27-20)15-6-4-3-5-7-15)19(25)24(2)12-13-26-17-10-8-16(21)9-11-17/h8-11,14-15H,3-7,12-13H2,1-2H3/t14-/m1/s1. The number of hydrogen-bond acceptors (Lipinski definition) is 6. The number of halogens is 1.